The van der Waals surface area contributed by atoms with Gasteiger partial charge in [0, 0.05) is 18.1 Å². The minimum atomic E-state index is 0.0198. The molecule has 0 spiro atoms. The topological polar surface area (TPSA) is 41.5 Å². The van der Waals surface area contributed by atoms with Gasteiger partial charge in [0.1, 0.15) is 0 Å². The highest BCUT2D eigenvalue weighted by Crippen LogP contribution is 2.47. The van der Waals surface area contributed by atoms with Gasteiger partial charge in [-0.15, -0.1) is 0 Å². The van der Waals surface area contributed by atoms with E-state index in [1.165, 1.54) is 16.7 Å². The van der Waals surface area contributed by atoms with E-state index in [-0.39, 0.29) is 23.2 Å². The van der Waals surface area contributed by atoms with Gasteiger partial charge in [0.25, 0.3) is 0 Å². The zero-order chi connectivity index (χ0) is 18.7. The zero-order valence-electron chi connectivity index (χ0n) is 16.1. The Hall–Kier alpha value is -2.42. The summed E-state index contributed by atoms with van der Waals surface area (Å²) in [5.74, 6) is 0.563. The zero-order valence-corrected chi connectivity index (χ0v) is 16.1. The molecule has 1 aliphatic rings. The van der Waals surface area contributed by atoms with Crippen LogP contribution in [-0.4, -0.2) is 12.1 Å². The minimum Gasteiger partial charge on any atom is -0.273 e. The summed E-state index contributed by atoms with van der Waals surface area (Å²) in [5.41, 5.74) is 6.63. The van der Waals surface area contributed by atoms with Crippen molar-refractivity contribution >= 4 is 12.1 Å². The van der Waals surface area contributed by atoms with Crippen molar-refractivity contribution in [2.24, 2.45) is 11.0 Å². The number of hydrogen-bond acceptors (Lipinski definition) is 2. The van der Waals surface area contributed by atoms with E-state index in [1.807, 2.05) is 18.2 Å². The molecule has 1 amide bonds. The number of carbonyl (C=O) groups is 1. The van der Waals surface area contributed by atoms with Gasteiger partial charge in [-0.1, -0.05) is 82.3 Å². The number of hydrogen-bond donors (Lipinski definition) is 1. The van der Waals surface area contributed by atoms with Crippen LogP contribution in [0.1, 0.15) is 62.6 Å². The number of nitrogens with one attached hydrogen (secondary N) is 1. The number of nitrogens with zero attached hydrogens (tertiary/aromatic N) is 1. The van der Waals surface area contributed by atoms with Crippen molar-refractivity contribution in [1.82, 2.24) is 5.43 Å². The molecule has 1 N–H and O–H groups in total. The third-order valence-electron chi connectivity index (χ3n) is 5.13. The van der Waals surface area contributed by atoms with E-state index in [0.29, 0.717) is 5.92 Å². The summed E-state index contributed by atoms with van der Waals surface area (Å²) in [7, 11) is 0. The predicted octanol–water partition coefficient (Wildman–Crippen LogP) is 4.99. The molecule has 1 saturated carbocycles. The van der Waals surface area contributed by atoms with Crippen LogP contribution in [0.25, 0.3) is 0 Å². The second-order valence-electron chi connectivity index (χ2n) is 8.27. The molecule has 0 aromatic heterocycles. The molecule has 2 aromatic rings. The number of benzene rings is 2. The second-order valence-corrected chi connectivity index (χ2v) is 8.27. The van der Waals surface area contributed by atoms with Crippen LogP contribution in [0.15, 0.2) is 59.7 Å². The van der Waals surface area contributed by atoms with E-state index in [2.05, 4.69) is 74.6 Å². The summed E-state index contributed by atoms with van der Waals surface area (Å²) in [6, 6.07) is 18.9. The first-order valence-electron chi connectivity index (χ1n) is 9.34. The number of rotatable bonds is 5. The van der Waals surface area contributed by atoms with Gasteiger partial charge in [0.05, 0.1) is 0 Å². The van der Waals surface area contributed by atoms with Crippen LogP contribution < -0.4 is 5.43 Å². The molecule has 3 rings (SSSR count). The predicted molar refractivity (Wildman–Crippen MR) is 107 cm³/mol. The highest BCUT2D eigenvalue weighted by atomic mass is 16.2. The summed E-state index contributed by atoms with van der Waals surface area (Å²) in [5, 5.41) is 4.16. The molecule has 136 valence electrons. The Morgan fingerprint density at radius 3 is 2.38 bits per heavy atom. The van der Waals surface area contributed by atoms with Gasteiger partial charge in [-0.2, -0.15) is 5.10 Å². The third kappa shape index (κ3) is 4.40. The van der Waals surface area contributed by atoms with Crippen molar-refractivity contribution in [3.05, 3.63) is 71.3 Å². The van der Waals surface area contributed by atoms with Crippen molar-refractivity contribution in [3.8, 4) is 0 Å². The Morgan fingerprint density at radius 2 is 1.77 bits per heavy atom. The highest BCUT2D eigenvalue weighted by Gasteiger charge is 2.44. The van der Waals surface area contributed by atoms with Gasteiger partial charge in [0.15, 0.2) is 0 Å². The van der Waals surface area contributed by atoms with E-state index in [0.717, 1.165) is 6.42 Å². The Bertz CT molecular complexity index is 772. The van der Waals surface area contributed by atoms with Crippen molar-refractivity contribution < 1.29 is 4.79 Å². The maximum atomic E-state index is 12.3. The fourth-order valence-corrected chi connectivity index (χ4v) is 3.22. The normalized spacial score (nSPS) is 20.8. The van der Waals surface area contributed by atoms with Crippen LogP contribution in [0.4, 0.5) is 0 Å². The smallest absolute Gasteiger partial charge is 0.243 e. The third-order valence-corrected chi connectivity index (χ3v) is 5.13. The fraction of sp³-hybridized carbons (Fsp3) is 0.391. The van der Waals surface area contributed by atoms with Gasteiger partial charge in [0.2, 0.25) is 5.91 Å². The molecule has 0 radical (unpaired) electrons. The molecular formula is C23H28N2O. The summed E-state index contributed by atoms with van der Waals surface area (Å²) in [6.07, 6.45) is 2.70. The van der Waals surface area contributed by atoms with Crippen LogP contribution >= 0.6 is 0 Å². The molecule has 0 bridgehead atoms. The number of amides is 1. The second kappa shape index (κ2) is 7.45. The standard InChI is InChI=1S/C23H28N2O/c1-16(17-8-6-5-7-9-17)15-24-25-22(26)21-14-20(21)18-10-12-19(13-11-18)23(2,3)4/h5-13,15-16,20-21H,14H2,1-4H3,(H,25,26). The molecule has 2 aromatic carbocycles. The Balaban J connectivity index is 1.52. The van der Waals surface area contributed by atoms with Gasteiger partial charge < -0.3 is 0 Å². The molecule has 0 heterocycles. The summed E-state index contributed by atoms with van der Waals surface area (Å²) in [4.78, 5) is 12.3. The maximum Gasteiger partial charge on any atom is 0.243 e. The lowest BCUT2D eigenvalue weighted by Gasteiger charge is -2.19. The molecular weight excluding hydrogens is 320 g/mol. The van der Waals surface area contributed by atoms with Crippen molar-refractivity contribution in [2.45, 2.75) is 51.4 Å². The van der Waals surface area contributed by atoms with Crippen LogP contribution in [0.2, 0.25) is 0 Å². The van der Waals surface area contributed by atoms with Crippen LogP contribution in [0.5, 0.6) is 0 Å². The largest absolute Gasteiger partial charge is 0.273 e. The average Bonchev–Trinajstić information content (AvgIpc) is 3.42. The van der Waals surface area contributed by atoms with E-state index in [9.17, 15) is 4.79 Å². The Kier molecular flexibility index (Phi) is 5.26. The van der Waals surface area contributed by atoms with Gasteiger partial charge >= 0.3 is 0 Å². The summed E-state index contributed by atoms with van der Waals surface area (Å²) in [6.45, 7) is 8.71. The highest BCUT2D eigenvalue weighted by molar-refractivity contribution is 5.83. The molecule has 3 heteroatoms. The first-order chi connectivity index (χ1) is 12.4. The molecule has 1 fully saturated rings. The molecule has 3 nitrogen and oxygen atoms in total. The van der Waals surface area contributed by atoms with Crippen LogP contribution in [-0.2, 0) is 10.2 Å². The van der Waals surface area contributed by atoms with E-state index in [4.69, 9.17) is 0 Å². The van der Waals surface area contributed by atoms with Gasteiger partial charge in [-0.25, -0.2) is 5.43 Å². The maximum absolute atomic E-state index is 12.3. The molecule has 1 aliphatic carbocycles. The molecule has 3 unspecified atom stereocenters. The monoisotopic (exact) mass is 348 g/mol. The average molecular weight is 348 g/mol. The minimum absolute atomic E-state index is 0.0198. The number of carbonyl (C=O) groups excluding carboxylic acids is 1. The van der Waals surface area contributed by atoms with Crippen molar-refractivity contribution in [2.75, 3.05) is 0 Å². The Morgan fingerprint density at radius 1 is 1.12 bits per heavy atom. The quantitative estimate of drug-likeness (QED) is 0.600. The van der Waals surface area contributed by atoms with Gasteiger partial charge in [-0.05, 0) is 34.4 Å². The molecule has 0 saturated heterocycles. The van der Waals surface area contributed by atoms with E-state index >= 15 is 0 Å². The lowest BCUT2D eigenvalue weighted by Crippen LogP contribution is -2.20. The van der Waals surface area contributed by atoms with E-state index < -0.39 is 0 Å². The number of hydrazone groups is 1. The fourth-order valence-electron chi connectivity index (χ4n) is 3.22. The molecule has 0 aliphatic heterocycles. The van der Waals surface area contributed by atoms with Crippen molar-refractivity contribution in [1.29, 1.82) is 0 Å². The van der Waals surface area contributed by atoms with Crippen LogP contribution in [0, 0.1) is 5.92 Å². The van der Waals surface area contributed by atoms with E-state index in [1.54, 1.807) is 6.21 Å². The van der Waals surface area contributed by atoms with Crippen LogP contribution in [0.3, 0.4) is 0 Å². The first-order valence-corrected chi connectivity index (χ1v) is 9.34. The first kappa shape index (κ1) is 18.4. The lowest BCUT2D eigenvalue weighted by molar-refractivity contribution is -0.122. The SMILES string of the molecule is CC(C=NNC(=O)C1CC1c1ccc(C(C)(C)C)cc1)c1ccccc1. The molecule has 26 heavy (non-hydrogen) atoms. The molecule has 3 atom stereocenters. The van der Waals surface area contributed by atoms with Crippen molar-refractivity contribution in [3.63, 3.8) is 0 Å². The van der Waals surface area contributed by atoms with Gasteiger partial charge in [-0.3, -0.25) is 4.79 Å². The lowest BCUT2D eigenvalue weighted by atomic mass is 9.86. The summed E-state index contributed by atoms with van der Waals surface area (Å²) >= 11 is 0. The Labute approximate surface area is 156 Å². The summed E-state index contributed by atoms with van der Waals surface area (Å²) < 4.78 is 0.